The van der Waals surface area contributed by atoms with Gasteiger partial charge < -0.3 is 18.1 Å². The van der Waals surface area contributed by atoms with Crippen LogP contribution in [-0.4, -0.2) is 7.05 Å². The Bertz CT molecular complexity index is 124. The minimum absolute atomic E-state index is 0. The van der Waals surface area contributed by atoms with E-state index in [4.69, 9.17) is 0 Å². The molecule has 0 saturated carbocycles. The average Bonchev–Trinajstić information content (AvgIpc) is 2.50. The molecule has 0 aromatic rings. The summed E-state index contributed by atoms with van der Waals surface area (Å²) in [4.78, 5) is 0. The fourth-order valence-electron chi connectivity index (χ4n) is 2.62. The quantitative estimate of drug-likeness (QED) is 0.449. The minimum Gasteiger partial charge on any atom is -1.00 e. The average molecular weight is 322 g/mol. The molecule has 0 atom stereocenters. The number of unbranched alkanes of at least 4 members (excludes halogenated alkanes) is 15. The van der Waals surface area contributed by atoms with Gasteiger partial charge in [-0.05, 0) is 0 Å². The summed E-state index contributed by atoms with van der Waals surface area (Å²) in [7, 11) is 1.75. The molecule has 1 nitrogen and oxygen atoms in total. The van der Waals surface area contributed by atoms with Gasteiger partial charge >= 0.3 is 0 Å². The van der Waals surface area contributed by atoms with Gasteiger partial charge in [-0.2, -0.15) is 0 Å². The molecule has 0 unspecified atom stereocenters. The standard InChI is InChI=1S/C18H38.CH5N.ClH/c1-3-5-7-9-11-13-15-17-18-16-14-12-10-8-6-4-2;1-2;/h3-18H2,1-2H3;2H2,1H3;1H. The summed E-state index contributed by atoms with van der Waals surface area (Å²) in [5.41, 5.74) is 3.25. The van der Waals surface area contributed by atoms with Crippen molar-refractivity contribution in [2.75, 3.05) is 7.05 Å². The van der Waals surface area contributed by atoms with Crippen molar-refractivity contribution in [1.29, 1.82) is 0 Å². The van der Waals surface area contributed by atoms with Gasteiger partial charge in [0.05, 0.1) is 7.05 Å². The molecule has 0 aromatic carbocycles. The largest absolute Gasteiger partial charge is 1.00 e. The van der Waals surface area contributed by atoms with Crippen LogP contribution < -0.4 is 18.1 Å². The lowest BCUT2D eigenvalue weighted by Gasteiger charge is -2.03. The first-order valence-electron chi connectivity index (χ1n) is 9.62. The van der Waals surface area contributed by atoms with Crippen molar-refractivity contribution in [3.63, 3.8) is 0 Å². The van der Waals surface area contributed by atoms with Crippen molar-refractivity contribution in [2.24, 2.45) is 0 Å². The van der Waals surface area contributed by atoms with E-state index in [0.29, 0.717) is 0 Å². The molecule has 0 aliphatic heterocycles. The van der Waals surface area contributed by atoms with Gasteiger partial charge in [0.1, 0.15) is 0 Å². The molecule has 132 valence electrons. The van der Waals surface area contributed by atoms with Crippen LogP contribution in [0.1, 0.15) is 117 Å². The van der Waals surface area contributed by atoms with Crippen LogP contribution in [0.2, 0.25) is 0 Å². The van der Waals surface area contributed by atoms with E-state index in [1.165, 1.54) is 103 Å². The third-order valence-electron chi connectivity index (χ3n) is 3.96. The number of halogens is 1. The van der Waals surface area contributed by atoms with Crippen molar-refractivity contribution in [3.05, 3.63) is 0 Å². The van der Waals surface area contributed by atoms with E-state index in [1.54, 1.807) is 7.05 Å². The van der Waals surface area contributed by atoms with Crippen molar-refractivity contribution in [3.8, 4) is 0 Å². The van der Waals surface area contributed by atoms with Gasteiger partial charge in [-0.3, -0.25) is 0 Å². The highest BCUT2D eigenvalue weighted by Gasteiger charge is 1.93. The summed E-state index contributed by atoms with van der Waals surface area (Å²) in [6, 6.07) is 0. The molecule has 0 radical (unpaired) electrons. The SMILES string of the molecule is CCCCCCCCCCCCCCCCCC.C[NH3+].[Cl-]. The summed E-state index contributed by atoms with van der Waals surface area (Å²) in [6.45, 7) is 4.59. The van der Waals surface area contributed by atoms with E-state index in [2.05, 4.69) is 19.6 Å². The molecule has 0 rings (SSSR count). The number of hydrogen-bond acceptors (Lipinski definition) is 0. The van der Waals surface area contributed by atoms with Crippen molar-refractivity contribution < 1.29 is 18.1 Å². The van der Waals surface area contributed by atoms with E-state index >= 15 is 0 Å². The highest BCUT2D eigenvalue weighted by Crippen LogP contribution is 2.13. The molecule has 0 heterocycles. The van der Waals surface area contributed by atoms with Gasteiger partial charge in [0, 0.05) is 0 Å². The third-order valence-corrected chi connectivity index (χ3v) is 3.96. The zero-order chi connectivity index (χ0) is 15.3. The normalized spacial score (nSPS) is 9.71. The molecule has 2 heteroatoms. The van der Waals surface area contributed by atoms with E-state index in [-0.39, 0.29) is 12.4 Å². The fourth-order valence-corrected chi connectivity index (χ4v) is 2.62. The molecule has 0 saturated heterocycles. The molecule has 0 amide bonds. The summed E-state index contributed by atoms with van der Waals surface area (Å²) < 4.78 is 0. The maximum Gasteiger partial charge on any atom is 0.0634 e. The second kappa shape index (κ2) is 28.4. The van der Waals surface area contributed by atoms with Gasteiger partial charge in [-0.25, -0.2) is 0 Å². The molecule has 0 aliphatic carbocycles. The third kappa shape index (κ3) is 29.0. The Morgan fingerprint density at radius 1 is 0.381 bits per heavy atom. The molecular formula is C19H44ClN. The van der Waals surface area contributed by atoms with Crippen LogP contribution in [0.15, 0.2) is 0 Å². The first-order valence-corrected chi connectivity index (χ1v) is 9.62. The summed E-state index contributed by atoms with van der Waals surface area (Å²) in [6.07, 6.45) is 23.4. The zero-order valence-electron chi connectivity index (χ0n) is 15.4. The molecule has 0 fully saturated rings. The Morgan fingerprint density at radius 2 is 0.524 bits per heavy atom. The van der Waals surface area contributed by atoms with Gasteiger partial charge in [0.25, 0.3) is 0 Å². The monoisotopic (exact) mass is 321 g/mol. The van der Waals surface area contributed by atoms with Gasteiger partial charge in [-0.1, -0.05) is 117 Å². The summed E-state index contributed by atoms with van der Waals surface area (Å²) in [5, 5.41) is 0. The van der Waals surface area contributed by atoms with E-state index < -0.39 is 0 Å². The lowest BCUT2D eigenvalue weighted by Crippen LogP contribution is -3.00. The molecule has 0 spiro atoms. The Morgan fingerprint density at radius 3 is 0.667 bits per heavy atom. The highest BCUT2D eigenvalue weighted by atomic mass is 35.5. The van der Waals surface area contributed by atoms with Crippen molar-refractivity contribution in [2.45, 2.75) is 117 Å². The van der Waals surface area contributed by atoms with Crippen molar-refractivity contribution in [1.82, 2.24) is 0 Å². The van der Waals surface area contributed by atoms with Crippen LogP contribution in [0.4, 0.5) is 0 Å². The molecule has 21 heavy (non-hydrogen) atoms. The van der Waals surface area contributed by atoms with Crippen LogP contribution in [0.5, 0.6) is 0 Å². The number of quaternary nitrogens is 1. The first kappa shape index (κ1) is 26.2. The summed E-state index contributed by atoms with van der Waals surface area (Å²) >= 11 is 0. The van der Waals surface area contributed by atoms with Crippen LogP contribution in [0.25, 0.3) is 0 Å². The second-order valence-electron chi connectivity index (χ2n) is 5.95. The maximum atomic E-state index is 3.25. The second-order valence-corrected chi connectivity index (χ2v) is 5.95. The predicted molar refractivity (Wildman–Crippen MR) is 94.0 cm³/mol. The maximum absolute atomic E-state index is 3.25. The lowest BCUT2D eigenvalue weighted by molar-refractivity contribution is -0.325. The number of hydrogen-bond donors (Lipinski definition) is 1. The van der Waals surface area contributed by atoms with Crippen LogP contribution in [0, 0.1) is 0 Å². The Labute approximate surface area is 142 Å². The lowest BCUT2D eigenvalue weighted by atomic mass is 10.0. The van der Waals surface area contributed by atoms with Gasteiger partial charge in [-0.15, -0.1) is 0 Å². The zero-order valence-corrected chi connectivity index (χ0v) is 16.2. The molecule has 0 aromatic heterocycles. The smallest absolute Gasteiger partial charge is 0.0634 e. The number of rotatable bonds is 15. The minimum atomic E-state index is 0. The van der Waals surface area contributed by atoms with E-state index in [9.17, 15) is 0 Å². The van der Waals surface area contributed by atoms with Gasteiger partial charge in [0.15, 0.2) is 0 Å². The molecule has 0 bridgehead atoms. The molecule has 0 aliphatic rings. The van der Waals surface area contributed by atoms with Gasteiger partial charge in [0.2, 0.25) is 0 Å². The van der Waals surface area contributed by atoms with Crippen LogP contribution in [0.3, 0.4) is 0 Å². The Hall–Kier alpha value is 0.250. The summed E-state index contributed by atoms with van der Waals surface area (Å²) in [5.74, 6) is 0. The highest BCUT2D eigenvalue weighted by molar-refractivity contribution is 4.49. The molecule has 3 N–H and O–H groups in total. The van der Waals surface area contributed by atoms with E-state index in [1.807, 2.05) is 0 Å². The predicted octanol–water partition coefficient (Wildman–Crippen LogP) is 3.13. The van der Waals surface area contributed by atoms with Crippen LogP contribution >= 0.6 is 0 Å². The first-order chi connectivity index (χ1) is 9.91. The topological polar surface area (TPSA) is 27.6 Å². The van der Waals surface area contributed by atoms with Crippen LogP contribution in [-0.2, 0) is 0 Å². The Kier molecular flexibility index (Phi) is 35.4. The molecular weight excluding hydrogens is 278 g/mol. The fraction of sp³-hybridized carbons (Fsp3) is 1.00. The Balaban J connectivity index is -0.00000103. The van der Waals surface area contributed by atoms with E-state index in [0.717, 1.165) is 0 Å². The van der Waals surface area contributed by atoms with Crippen molar-refractivity contribution >= 4 is 0 Å².